The fourth-order valence-electron chi connectivity index (χ4n) is 4.23. The lowest BCUT2D eigenvalue weighted by Crippen LogP contribution is -2.40. The predicted molar refractivity (Wildman–Crippen MR) is 87.4 cm³/mol. The van der Waals surface area contributed by atoms with E-state index in [-0.39, 0.29) is 0 Å². The van der Waals surface area contributed by atoms with Gasteiger partial charge in [-0.2, -0.15) is 0 Å². The summed E-state index contributed by atoms with van der Waals surface area (Å²) in [6.07, 6.45) is 11.6. The summed E-state index contributed by atoms with van der Waals surface area (Å²) in [6.45, 7) is 3.71. The maximum Gasteiger partial charge on any atom is 0.182 e. The number of hydrogen-bond donors (Lipinski definition) is 0. The van der Waals surface area contributed by atoms with Crippen LogP contribution >= 0.6 is 0 Å². The van der Waals surface area contributed by atoms with Gasteiger partial charge in [-0.25, -0.2) is 0 Å². The van der Waals surface area contributed by atoms with Crippen LogP contribution in [0.5, 0.6) is 0 Å². The van der Waals surface area contributed by atoms with Crippen LogP contribution in [0, 0.1) is 5.41 Å². The molecule has 1 aliphatic carbocycles. The Bertz CT molecular complexity index is 411. The van der Waals surface area contributed by atoms with Crippen LogP contribution in [-0.4, -0.2) is 26.8 Å². The second-order valence-corrected chi connectivity index (χ2v) is 8.19. The Balaban J connectivity index is 1.70. The van der Waals surface area contributed by atoms with Gasteiger partial charge in [0.15, 0.2) is 9.68 Å². The van der Waals surface area contributed by atoms with Gasteiger partial charge in [0.2, 0.25) is 0 Å². The zero-order valence-electron chi connectivity index (χ0n) is 12.8. The van der Waals surface area contributed by atoms with E-state index in [0.717, 1.165) is 15.7 Å². The maximum absolute atomic E-state index is 2.82. The summed E-state index contributed by atoms with van der Waals surface area (Å²) in [7, 11) is 0.880. The van der Waals surface area contributed by atoms with Crippen LogP contribution in [0.15, 0.2) is 30.3 Å². The molecule has 1 atom stereocenters. The molecule has 20 heavy (non-hydrogen) atoms. The Labute approximate surface area is 126 Å². The fourth-order valence-corrected chi connectivity index (χ4v) is 5.72. The van der Waals surface area contributed by atoms with E-state index in [1.165, 1.54) is 63.1 Å². The van der Waals surface area contributed by atoms with Crippen LogP contribution in [0.4, 0.5) is 0 Å². The molecule has 0 amide bonds. The molecule has 1 saturated heterocycles. The van der Waals surface area contributed by atoms with E-state index in [2.05, 4.69) is 41.8 Å². The normalized spacial score (nSPS) is 26.1. The van der Waals surface area contributed by atoms with Gasteiger partial charge in [0.25, 0.3) is 0 Å². The Kier molecular flexibility index (Phi) is 4.62. The molecular weight excluding hydrogens is 258 g/mol. The topological polar surface area (TPSA) is 3.24 Å². The highest BCUT2D eigenvalue weighted by Crippen LogP contribution is 2.46. The average molecular weight is 286 g/mol. The number of benzene rings is 1. The Hall–Kier alpha value is -0.603. The van der Waals surface area contributed by atoms with Crippen molar-refractivity contribution < 1.29 is 0 Å². The lowest BCUT2D eigenvalue weighted by molar-refractivity contribution is 0.205. The third-order valence-corrected chi connectivity index (χ3v) is 6.60. The van der Waals surface area contributed by atoms with E-state index >= 15 is 0 Å². The summed E-state index contributed by atoms with van der Waals surface area (Å²) in [6, 6.07) is 11.9. The molecule has 0 bridgehead atoms. The zero-order valence-corrected chi connectivity index (χ0v) is 13.8. The van der Waals surface area contributed by atoms with Crippen molar-refractivity contribution >= 4 is 14.9 Å². The van der Waals surface area contributed by atoms with Crippen LogP contribution < -0.4 is 5.19 Å². The highest BCUT2D eigenvalue weighted by molar-refractivity contribution is 6.50. The summed E-state index contributed by atoms with van der Waals surface area (Å²) in [5.74, 6) is 0. The van der Waals surface area contributed by atoms with E-state index in [0.29, 0.717) is 5.41 Å². The van der Waals surface area contributed by atoms with Crippen LogP contribution in [-0.2, 0) is 0 Å². The van der Waals surface area contributed by atoms with E-state index < -0.39 is 0 Å². The minimum absolute atomic E-state index is 0.680. The van der Waals surface area contributed by atoms with Gasteiger partial charge in [-0.1, -0.05) is 62.9 Å². The highest BCUT2D eigenvalue weighted by atomic mass is 28.2. The number of hydrogen-bond acceptors (Lipinski definition) is 1. The third kappa shape index (κ3) is 3.17. The predicted octanol–water partition coefficient (Wildman–Crippen LogP) is 3.76. The molecule has 2 fully saturated rings. The minimum atomic E-state index is 0.680. The quantitative estimate of drug-likeness (QED) is 0.762. The molecule has 1 aliphatic heterocycles. The van der Waals surface area contributed by atoms with Crippen molar-refractivity contribution in [3.8, 4) is 0 Å². The molecule has 1 unspecified atom stereocenters. The van der Waals surface area contributed by atoms with Gasteiger partial charge in [-0.3, -0.25) is 0 Å². The van der Waals surface area contributed by atoms with Crippen LogP contribution in [0.1, 0.15) is 58.3 Å². The summed E-state index contributed by atoms with van der Waals surface area (Å²) in [5.41, 5.74) is 0.680. The van der Waals surface area contributed by atoms with Crippen molar-refractivity contribution in [3.05, 3.63) is 30.3 Å². The standard InChI is InChI=1S/C18H27NSi/c1-2-9-16-14-18(12-7-4-8-13-18)15-19(16)20-17-10-5-3-6-11-17/h3,5-6,10-11,16H,2,4,7-9,12-15H2,1H3. The SMILES string of the molecule is CCCC1CC2(CCCCC2)CN1[Si]c1ccccc1. The van der Waals surface area contributed by atoms with E-state index in [1.54, 1.807) is 0 Å². The summed E-state index contributed by atoms with van der Waals surface area (Å²) < 4.78 is 2.82. The molecule has 108 valence electrons. The van der Waals surface area contributed by atoms with Gasteiger partial charge in [0.05, 0.1) is 0 Å². The molecule has 2 aliphatic rings. The van der Waals surface area contributed by atoms with Crippen molar-refractivity contribution in [1.29, 1.82) is 0 Å². The monoisotopic (exact) mass is 285 g/mol. The summed E-state index contributed by atoms with van der Waals surface area (Å²) in [5, 5.41) is 1.52. The third-order valence-electron chi connectivity index (χ3n) is 5.20. The number of nitrogens with zero attached hydrogens (tertiary/aromatic N) is 1. The molecule has 0 aromatic heterocycles. The Morgan fingerprint density at radius 3 is 2.60 bits per heavy atom. The summed E-state index contributed by atoms with van der Waals surface area (Å²) in [4.78, 5) is 0. The van der Waals surface area contributed by atoms with Gasteiger partial charge >= 0.3 is 0 Å². The molecule has 1 heterocycles. The Morgan fingerprint density at radius 2 is 1.90 bits per heavy atom. The molecule has 1 aromatic carbocycles. The largest absolute Gasteiger partial charge is 0.318 e. The molecule has 1 nitrogen and oxygen atoms in total. The lowest BCUT2D eigenvalue weighted by Gasteiger charge is -2.33. The molecule has 1 saturated carbocycles. The number of rotatable bonds is 4. The lowest BCUT2D eigenvalue weighted by atomic mass is 9.72. The molecule has 1 aromatic rings. The second-order valence-electron chi connectivity index (χ2n) is 6.81. The first-order valence-electron chi connectivity index (χ1n) is 8.40. The van der Waals surface area contributed by atoms with E-state index in [4.69, 9.17) is 0 Å². The van der Waals surface area contributed by atoms with E-state index in [1.807, 2.05) is 0 Å². The maximum atomic E-state index is 2.82. The Morgan fingerprint density at radius 1 is 1.15 bits per heavy atom. The van der Waals surface area contributed by atoms with Crippen LogP contribution in [0.3, 0.4) is 0 Å². The second kappa shape index (κ2) is 6.44. The molecule has 1 spiro atoms. The first-order chi connectivity index (χ1) is 9.81. The molecule has 0 N–H and O–H groups in total. The van der Waals surface area contributed by atoms with Gasteiger partial charge < -0.3 is 4.57 Å². The minimum Gasteiger partial charge on any atom is -0.318 e. The highest BCUT2D eigenvalue weighted by Gasteiger charge is 2.43. The zero-order chi connectivity index (χ0) is 13.8. The van der Waals surface area contributed by atoms with Crippen LogP contribution in [0.25, 0.3) is 0 Å². The smallest absolute Gasteiger partial charge is 0.182 e. The van der Waals surface area contributed by atoms with Crippen molar-refractivity contribution in [1.82, 2.24) is 4.57 Å². The average Bonchev–Trinajstić information content (AvgIpc) is 2.78. The summed E-state index contributed by atoms with van der Waals surface area (Å²) >= 11 is 0. The van der Waals surface area contributed by atoms with E-state index in [9.17, 15) is 0 Å². The van der Waals surface area contributed by atoms with Gasteiger partial charge in [-0.15, -0.1) is 0 Å². The fraction of sp³-hybridized carbons (Fsp3) is 0.667. The van der Waals surface area contributed by atoms with Crippen molar-refractivity contribution in [2.45, 2.75) is 64.3 Å². The van der Waals surface area contributed by atoms with Crippen LogP contribution in [0.2, 0.25) is 0 Å². The molecule has 3 rings (SSSR count). The first-order valence-corrected chi connectivity index (χ1v) is 9.34. The molecule has 2 heteroatoms. The molecule has 2 radical (unpaired) electrons. The van der Waals surface area contributed by atoms with Gasteiger partial charge in [-0.05, 0) is 42.8 Å². The van der Waals surface area contributed by atoms with Crippen molar-refractivity contribution in [3.63, 3.8) is 0 Å². The van der Waals surface area contributed by atoms with Gasteiger partial charge in [0, 0.05) is 6.04 Å². The first kappa shape index (κ1) is 14.3. The van der Waals surface area contributed by atoms with Gasteiger partial charge in [0.1, 0.15) is 0 Å². The van der Waals surface area contributed by atoms with Crippen molar-refractivity contribution in [2.24, 2.45) is 5.41 Å². The molecular formula is C18H27NSi. The van der Waals surface area contributed by atoms with Crippen molar-refractivity contribution in [2.75, 3.05) is 6.54 Å².